The smallest absolute Gasteiger partial charge is 0.409 e. The molecule has 0 aliphatic carbocycles. The number of nitrogens with one attached hydrogen (secondary N) is 2. The lowest BCUT2D eigenvalue weighted by molar-refractivity contribution is -0.0855. The van der Waals surface area contributed by atoms with Crippen LogP contribution in [-0.4, -0.2) is 82.2 Å². The SMILES string of the molecule is CCOC(=O)N1CCC(NC(=NC)NCC2(OC)CCOCC2)CC1. The number of hydrogen-bond acceptors (Lipinski definition) is 5. The second-order valence-corrected chi connectivity index (χ2v) is 6.53. The molecule has 0 radical (unpaired) electrons. The van der Waals surface area contributed by atoms with E-state index in [4.69, 9.17) is 14.2 Å². The molecule has 0 aromatic rings. The van der Waals surface area contributed by atoms with Crippen LogP contribution < -0.4 is 10.6 Å². The van der Waals surface area contributed by atoms with E-state index in [1.165, 1.54) is 0 Å². The van der Waals surface area contributed by atoms with Crippen molar-refractivity contribution < 1.29 is 19.0 Å². The van der Waals surface area contributed by atoms with Gasteiger partial charge in [0.1, 0.15) is 0 Å². The Labute approximate surface area is 150 Å². The van der Waals surface area contributed by atoms with Gasteiger partial charge in [0.2, 0.25) is 0 Å². The Balaban J connectivity index is 1.76. The third-order valence-electron chi connectivity index (χ3n) is 5.00. The van der Waals surface area contributed by atoms with Crippen LogP contribution in [0.4, 0.5) is 4.79 Å². The van der Waals surface area contributed by atoms with Crippen molar-refractivity contribution in [3.8, 4) is 0 Å². The largest absolute Gasteiger partial charge is 0.450 e. The first kappa shape index (κ1) is 19.8. The molecule has 2 fully saturated rings. The molecule has 2 aliphatic rings. The van der Waals surface area contributed by atoms with Crippen molar-refractivity contribution >= 4 is 12.1 Å². The van der Waals surface area contributed by atoms with E-state index in [-0.39, 0.29) is 11.7 Å². The lowest BCUT2D eigenvalue weighted by atomic mass is 9.94. The van der Waals surface area contributed by atoms with Crippen LogP contribution in [0.5, 0.6) is 0 Å². The van der Waals surface area contributed by atoms with E-state index in [1.807, 2.05) is 6.92 Å². The summed E-state index contributed by atoms with van der Waals surface area (Å²) in [5.74, 6) is 0.775. The minimum atomic E-state index is -0.218. The predicted molar refractivity (Wildman–Crippen MR) is 95.9 cm³/mol. The summed E-state index contributed by atoms with van der Waals surface area (Å²) in [5, 5.41) is 6.84. The Hall–Kier alpha value is -1.54. The summed E-state index contributed by atoms with van der Waals surface area (Å²) in [7, 11) is 3.53. The number of aliphatic imine (C=N–C) groups is 1. The number of carbonyl (C=O) groups excluding carboxylic acids is 1. The third-order valence-corrected chi connectivity index (χ3v) is 5.00. The standard InChI is InChI=1S/C17H32N4O4/c1-4-25-16(22)21-9-5-14(6-10-21)20-15(18-2)19-13-17(23-3)7-11-24-12-8-17/h14H,4-13H2,1-3H3,(H2,18,19,20). The van der Waals surface area contributed by atoms with E-state index in [1.54, 1.807) is 19.1 Å². The first-order chi connectivity index (χ1) is 12.1. The molecule has 0 atom stereocenters. The second-order valence-electron chi connectivity index (χ2n) is 6.53. The number of rotatable bonds is 5. The summed E-state index contributed by atoms with van der Waals surface area (Å²) in [5.41, 5.74) is -0.191. The molecular weight excluding hydrogens is 324 g/mol. The molecule has 0 spiro atoms. The number of ether oxygens (including phenoxy) is 3. The summed E-state index contributed by atoms with van der Waals surface area (Å²) in [4.78, 5) is 17.8. The summed E-state index contributed by atoms with van der Waals surface area (Å²) in [6.45, 7) is 5.81. The van der Waals surface area contributed by atoms with Gasteiger partial charge in [0.05, 0.1) is 12.2 Å². The minimum absolute atomic E-state index is 0.191. The third kappa shape index (κ3) is 5.74. The Morgan fingerprint density at radius 2 is 2.00 bits per heavy atom. The van der Waals surface area contributed by atoms with Gasteiger partial charge < -0.3 is 29.7 Å². The van der Waals surface area contributed by atoms with Gasteiger partial charge in [-0.3, -0.25) is 4.99 Å². The number of hydrogen-bond donors (Lipinski definition) is 2. The molecule has 2 aliphatic heterocycles. The van der Waals surface area contributed by atoms with E-state index in [0.717, 1.165) is 44.9 Å². The Morgan fingerprint density at radius 3 is 2.56 bits per heavy atom. The van der Waals surface area contributed by atoms with Crippen molar-refractivity contribution in [3.05, 3.63) is 0 Å². The van der Waals surface area contributed by atoms with Crippen LogP contribution in [-0.2, 0) is 14.2 Å². The average Bonchev–Trinajstić information content (AvgIpc) is 2.66. The maximum atomic E-state index is 11.8. The quantitative estimate of drug-likeness (QED) is 0.564. The van der Waals surface area contributed by atoms with Crippen LogP contribution in [0.1, 0.15) is 32.6 Å². The molecule has 0 saturated carbocycles. The molecule has 8 nitrogen and oxygen atoms in total. The highest BCUT2D eigenvalue weighted by molar-refractivity contribution is 5.80. The molecule has 2 N–H and O–H groups in total. The Kier molecular flexibility index (Phi) is 7.77. The van der Waals surface area contributed by atoms with Gasteiger partial charge in [0, 0.05) is 65.9 Å². The minimum Gasteiger partial charge on any atom is -0.450 e. The van der Waals surface area contributed by atoms with Crippen LogP contribution in [0.15, 0.2) is 4.99 Å². The normalized spacial score (nSPS) is 21.7. The molecule has 144 valence electrons. The van der Waals surface area contributed by atoms with Crippen LogP contribution in [0, 0.1) is 0 Å². The van der Waals surface area contributed by atoms with Gasteiger partial charge in [-0.15, -0.1) is 0 Å². The molecule has 25 heavy (non-hydrogen) atoms. The zero-order chi connectivity index (χ0) is 18.1. The van der Waals surface area contributed by atoms with Gasteiger partial charge in [-0.05, 0) is 19.8 Å². The van der Waals surface area contributed by atoms with Crippen LogP contribution in [0.2, 0.25) is 0 Å². The maximum Gasteiger partial charge on any atom is 0.409 e. The van der Waals surface area contributed by atoms with E-state index in [9.17, 15) is 4.79 Å². The maximum absolute atomic E-state index is 11.8. The van der Waals surface area contributed by atoms with Crippen molar-refractivity contribution in [2.75, 3.05) is 53.6 Å². The highest BCUT2D eigenvalue weighted by Gasteiger charge is 2.33. The first-order valence-electron chi connectivity index (χ1n) is 9.14. The molecule has 1 amide bonds. The lowest BCUT2D eigenvalue weighted by Crippen LogP contribution is -2.54. The summed E-state index contributed by atoms with van der Waals surface area (Å²) in [6.07, 6.45) is 3.30. The molecule has 0 aromatic carbocycles. The Morgan fingerprint density at radius 1 is 1.32 bits per heavy atom. The zero-order valence-corrected chi connectivity index (χ0v) is 15.7. The highest BCUT2D eigenvalue weighted by atomic mass is 16.6. The van der Waals surface area contributed by atoms with Gasteiger partial charge >= 0.3 is 6.09 Å². The van der Waals surface area contributed by atoms with Gasteiger partial charge in [-0.2, -0.15) is 0 Å². The number of nitrogens with zero attached hydrogens (tertiary/aromatic N) is 2. The number of piperidine rings is 1. The topological polar surface area (TPSA) is 84.4 Å². The number of likely N-dealkylation sites (tertiary alicyclic amines) is 1. The fraction of sp³-hybridized carbons (Fsp3) is 0.882. The summed E-state index contributed by atoms with van der Waals surface area (Å²) >= 11 is 0. The second kappa shape index (κ2) is 9.82. The molecule has 2 heterocycles. The molecule has 2 saturated heterocycles. The fourth-order valence-corrected chi connectivity index (χ4v) is 3.25. The van der Waals surface area contributed by atoms with Gasteiger partial charge in [0.15, 0.2) is 5.96 Å². The van der Waals surface area contributed by atoms with Gasteiger partial charge in [0.25, 0.3) is 0 Å². The van der Waals surface area contributed by atoms with E-state index < -0.39 is 0 Å². The first-order valence-corrected chi connectivity index (χ1v) is 9.14. The predicted octanol–water partition coefficient (Wildman–Crippen LogP) is 0.968. The molecule has 0 aromatic heterocycles. The Bertz CT molecular complexity index is 444. The van der Waals surface area contributed by atoms with Crippen molar-refractivity contribution in [1.82, 2.24) is 15.5 Å². The van der Waals surface area contributed by atoms with Crippen molar-refractivity contribution in [3.63, 3.8) is 0 Å². The summed E-state index contributed by atoms with van der Waals surface area (Å²) in [6, 6.07) is 0.296. The van der Waals surface area contributed by atoms with Crippen molar-refractivity contribution in [1.29, 1.82) is 0 Å². The van der Waals surface area contributed by atoms with Crippen molar-refractivity contribution in [2.45, 2.75) is 44.2 Å². The van der Waals surface area contributed by atoms with Gasteiger partial charge in [-0.25, -0.2) is 4.79 Å². The lowest BCUT2D eigenvalue weighted by Gasteiger charge is -2.37. The van der Waals surface area contributed by atoms with Crippen molar-refractivity contribution in [2.24, 2.45) is 4.99 Å². The van der Waals surface area contributed by atoms with E-state index in [2.05, 4.69) is 15.6 Å². The molecular formula is C17H32N4O4. The monoisotopic (exact) mass is 356 g/mol. The van der Waals surface area contributed by atoms with Crippen LogP contribution in [0.3, 0.4) is 0 Å². The highest BCUT2D eigenvalue weighted by Crippen LogP contribution is 2.23. The van der Waals surface area contributed by atoms with Gasteiger partial charge in [-0.1, -0.05) is 0 Å². The average molecular weight is 356 g/mol. The van der Waals surface area contributed by atoms with E-state index in [0.29, 0.717) is 32.3 Å². The van der Waals surface area contributed by atoms with Crippen LogP contribution >= 0.6 is 0 Å². The number of methoxy groups -OCH3 is 1. The fourth-order valence-electron chi connectivity index (χ4n) is 3.25. The molecule has 2 rings (SSSR count). The summed E-state index contributed by atoms with van der Waals surface area (Å²) < 4.78 is 16.2. The number of guanidine groups is 1. The number of amides is 1. The van der Waals surface area contributed by atoms with Crippen LogP contribution in [0.25, 0.3) is 0 Å². The molecule has 0 unspecified atom stereocenters. The molecule has 0 bridgehead atoms. The number of carbonyl (C=O) groups is 1. The van der Waals surface area contributed by atoms with E-state index >= 15 is 0 Å². The zero-order valence-electron chi connectivity index (χ0n) is 15.7. The molecule has 8 heteroatoms.